The molecule has 0 radical (unpaired) electrons. The third-order valence-corrected chi connectivity index (χ3v) is 8.16. The van der Waals surface area contributed by atoms with Crippen LogP contribution in [0.5, 0.6) is 11.5 Å². The Morgan fingerprint density at radius 3 is 2.19 bits per heavy atom. The van der Waals surface area contributed by atoms with Crippen molar-refractivity contribution in [3.63, 3.8) is 0 Å². The van der Waals surface area contributed by atoms with Crippen LogP contribution in [0.2, 0.25) is 0 Å². The van der Waals surface area contributed by atoms with Crippen molar-refractivity contribution < 1.29 is 22.7 Å². The number of methoxy groups -OCH3 is 2. The first-order chi connectivity index (χ1) is 17.9. The molecule has 0 atom stereocenters. The molecule has 37 heavy (non-hydrogen) atoms. The van der Waals surface area contributed by atoms with Crippen molar-refractivity contribution in [2.75, 3.05) is 38.2 Å². The van der Waals surface area contributed by atoms with Crippen molar-refractivity contribution in [3.05, 3.63) is 83.9 Å². The second kappa shape index (κ2) is 12.1. The standard InChI is InChI=1S/C28H33N3O5S/c1-35-26-15-14-25(18-27(26)36-2)37(33,34)31(24-8-4-3-5-9-24)21-28(32)29-19-22-10-12-23(13-11-22)20-30-16-6-7-17-30/h3-5,8-15,18H,6-7,16-17,19-21H2,1-2H3,(H,29,32). The lowest BCUT2D eigenvalue weighted by Crippen LogP contribution is -2.40. The van der Waals surface area contributed by atoms with Crippen LogP contribution < -0.4 is 19.1 Å². The number of nitrogens with one attached hydrogen (secondary N) is 1. The highest BCUT2D eigenvalue weighted by Gasteiger charge is 2.28. The zero-order valence-corrected chi connectivity index (χ0v) is 22.0. The summed E-state index contributed by atoms with van der Waals surface area (Å²) in [4.78, 5) is 15.4. The van der Waals surface area contributed by atoms with Crippen LogP contribution in [0, 0.1) is 0 Å². The molecule has 3 aromatic rings. The summed E-state index contributed by atoms with van der Waals surface area (Å²) >= 11 is 0. The van der Waals surface area contributed by atoms with Crippen molar-refractivity contribution in [2.45, 2.75) is 30.8 Å². The van der Waals surface area contributed by atoms with Crippen LogP contribution in [0.25, 0.3) is 0 Å². The van der Waals surface area contributed by atoms with Crippen LogP contribution in [-0.4, -0.2) is 53.1 Å². The van der Waals surface area contributed by atoms with E-state index in [2.05, 4.69) is 22.3 Å². The van der Waals surface area contributed by atoms with Crippen molar-refractivity contribution in [1.29, 1.82) is 0 Å². The summed E-state index contributed by atoms with van der Waals surface area (Å²) in [7, 11) is -1.15. The molecule has 1 aliphatic rings. The number of likely N-dealkylation sites (tertiary alicyclic amines) is 1. The van der Waals surface area contributed by atoms with Crippen LogP contribution in [0.3, 0.4) is 0 Å². The molecule has 1 fully saturated rings. The fourth-order valence-corrected chi connectivity index (χ4v) is 5.80. The molecule has 0 bridgehead atoms. The van der Waals surface area contributed by atoms with Gasteiger partial charge in [0.2, 0.25) is 5.91 Å². The van der Waals surface area contributed by atoms with Crippen molar-refractivity contribution in [3.8, 4) is 11.5 Å². The molecule has 0 saturated carbocycles. The minimum Gasteiger partial charge on any atom is -0.493 e. The van der Waals surface area contributed by atoms with E-state index in [1.165, 1.54) is 50.8 Å². The maximum atomic E-state index is 13.6. The van der Waals surface area contributed by atoms with E-state index < -0.39 is 15.9 Å². The summed E-state index contributed by atoms with van der Waals surface area (Å²) in [6.45, 7) is 3.16. The van der Waals surface area contributed by atoms with Crippen LogP contribution in [0.1, 0.15) is 24.0 Å². The number of nitrogens with zero attached hydrogens (tertiary/aromatic N) is 2. The Kier molecular flexibility index (Phi) is 8.68. The third-order valence-electron chi connectivity index (χ3n) is 6.39. The fourth-order valence-electron chi connectivity index (χ4n) is 4.36. The van der Waals surface area contributed by atoms with Gasteiger partial charge < -0.3 is 14.8 Å². The van der Waals surface area contributed by atoms with Gasteiger partial charge in [-0.2, -0.15) is 0 Å². The molecule has 1 N–H and O–H groups in total. The SMILES string of the molecule is COc1ccc(S(=O)(=O)N(CC(=O)NCc2ccc(CN3CCCC3)cc2)c2ccccc2)cc1OC. The number of para-hydroxylation sites is 1. The number of benzene rings is 3. The Balaban J connectivity index is 1.46. The minimum absolute atomic E-state index is 0.00426. The number of rotatable bonds is 11. The van der Waals surface area contributed by atoms with Gasteiger partial charge in [-0.3, -0.25) is 14.0 Å². The summed E-state index contributed by atoms with van der Waals surface area (Å²) in [5.74, 6) is 0.292. The number of amides is 1. The second-order valence-electron chi connectivity index (χ2n) is 8.94. The Hall–Kier alpha value is -3.56. The van der Waals surface area contributed by atoms with E-state index in [1.807, 2.05) is 12.1 Å². The van der Waals surface area contributed by atoms with Crippen LogP contribution >= 0.6 is 0 Å². The van der Waals surface area contributed by atoms with Gasteiger partial charge in [-0.1, -0.05) is 42.5 Å². The topological polar surface area (TPSA) is 88.2 Å². The fraction of sp³-hybridized carbons (Fsp3) is 0.321. The second-order valence-corrected chi connectivity index (χ2v) is 10.8. The molecule has 0 aliphatic carbocycles. The van der Waals surface area contributed by atoms with E-state index in [4.69, 9.17) is 9.47 Å². The van der Waals surface area contributed by atoms with Gasteiger partial charge in [-0.05, 0) is 61.3 Å². The summed E-state index contributed by atoms with van der Waals surface area (Å²) in [5, 5.41) is 2.86. The third kappa shape index (κ3) is 6.61. The first-order valence-electron chi connectivity index (χ1n) is 12.3. The quantitative estimate of drug-likeness (QED) is 0.411. The van der Waals surface area contributed by atoms with Crippen LogP contribution in [0.15, 0.2) is 77.7 Å². The Morgan fingerprint density at radius 1 is 0.892 bits per heavy atom. The predicted molar refractivity (Wildman–Crippen MR) is 143 cm³/mol. The van der Waals surface area contributed by atoms with E-state index in [-0.39, 0.29) is 17.2 Å². The van der Waals surface area contributed by atoms with Gasteiger partial charge in [0, 0.05) is 19.2 Å². The van der Waals surface area contributed by atoms with E-state index in [1.54, 1.807) is 30.3 Å². The van der Waals surface area contributed by atoms with Gasteiger partial charge in [0.05, 0.1) is 24.8 Å². The number of hydrogen-bond donors (Lipinski definition) is 1. The normalized spacial score (nSPS) is 13.8. The number of hydrogen-bond acceptors (Lipinski definition) is 6. The van der Waals surface area contributed by atoms with Gasteiger partial charge in [0.25, 0.3) is 10.0 Å². The molecule has 8 nitrogen and oxygen atoms in total. The van der Waals surface area contributed by atoms with E-state index >= 15 is 0 Å². The molecule has 0 unspecified atom stereocenters. The lowest BCUT2D eigenvalue weighted by Gasteiger charge is -2.24. The van der Waals surface area contributed by atoms with E-state index in [0.29, 0.717) is 18.0 Å². The Bertz CT molecular complexity index is 1290. The molecule has 3 aromatic carbocycles. The average molecular weight is 524 g/mol. The molecule has 4 rings (SSSR count). The lowest BCUT2D eigenvalue weighted by atomic mass is 10.1. The Labute approximate surface area is 218 Å². The molecule has 196 valence electrons. The molecule has 0 aromatic heterocycles. The Morgan fingerprint density at radius 2 is 1.54 bits per heavy atom. The molecule has 1 heterocycles. The van der Waals surface area contributed by atoms with Crippen LogP contribution in [0.4, 0.5) is 5.69 Å². The average Bonchev–Trinajstić information content (AvgIpc) is 3.44. The predicted octanol–water partition coefficient (Wildman–Crippen LogP) is 3.81. The number of sulfonamides is 1. The highest BCUT2D eigenvalue weighted by molar-refractivity contribution is 7.92. The monoisotopic (exact) mass is 523 g/mol. The number of ether oxygens (including phenoxy) is 2. The van der Waals surface area contributed by atoms with Gasteiger partial charge in [-0.15, -0.1) is 0 Å². The first-order valence-corrected chi connectivity index (χ1v) is 13.7. The van der Waals surface area contributed by atoms with Crippen molar-refractivity contribution >= 4 is 21.6 Å². The molecular weight excluding hydrogens is 490 g/mol. The van der Waals surface area contributed by atoms with Crippen molar-refractivity contribution in [1.82, 2.24) is 10.2 Å². The van der Waals surface area contributed by atoms with Gasteiger partial charge in [-0.25, -0.2) is 8.42 Å². The maximum Gasteiger partial charge on any atom is 0.264 e. The number of carbonyl (C=O) groups is 1. The van der Waals surface area contributed by atoms with Gasteiger partial charge in [0.1, 0.15) is 6.54 Å². The van der Waals surface area contributed by atoms with E-state index in [0.717, 1.165) is 29.5 Å². The van der Waals surface area contributed by atoms with Crippen LogP contribution in [-0.2, 0) is 27.9 Å². The van der Waals surface area contributed by atoms with Gasteiger partial charge in [0.15, 0.2) is 11.5 Å². The number of anilines is 1. The molecule has 1 aliphatic heterocycles. The summed E-state index contributed by atoms with van der Waals surface area (Å²) in [6.07, 6.45) is 2.51. The zero-order chi connectivity index (χ0) is 26.3. The highest BCUT2D eigenvalue weighted by Crippen LogP contribution is 2.32. The molecule has 1 saturated heterocycles. The molecule has 9 heteroatoms. The van der Waals surface area contributed by atoms with Gasteiger partial charge >= 0.3 is 0 Å². The molecular formula is C28H33N3O5S. The summed E-state index contributed by atoms with van der Waals surface area (Å²) in [5.41, 5.74) is 2.58. The summed E-state index contributed by atoms with van der Waals surface area (Å²) < 4.78 is 38.9. The smallest absolute Gasteiger partial charge is 0.264 e. The van der Waals surface area contributed by atoms with E-state index in [9.17, 15) is 13.2 Å². The van der Waals surface area contributed by atoms with Crippen molar-refractivity contribution in [2.24, 2.45) is 0 Å². The number of carbonyl (C=O) groups excluding carboxylic acids is 1. The summed E-state index contributed by atoms with van der Waals surface area (Å²) in [6, 6.07) is 21.1. The highest BCUT2D eigenvalue weighted by atomic mass is 32.2. The molecule has 1 amide bonds. The maximum absolute atomic E-state index is 13.6. The largest absolute Gasteiger partial charge is 0.493 e. The minimum atomic E-state index is -4.07. The first kappa shape index (κ1) is 26.5. The lowest BCUT2D eigenvalue weighted by molar-refractivity contribution is -0.119. The zero-order valence-electron chi connectivity index (χ0n) is 21.2. The molecule has 0 spiro atoms.